The Balaban J connectivity index is 1.87. The fourth-order valence-electron chi connectivity index (χ4n) is 3.43. The first-order valence-electron chi connectivity index (χ1n) is 10.2. The van der Waals surface area contributed by atoms with Crippen LogP contribution in [0.15, 0.2) is 47.6 Å². The number of aromatic nitrogens is 3. The molecule has 0 unspecified atom stereocenters. The van der Waals surface area contributed by atoms with Crippen molar-refractivity contribution in [3.05, 3.63) is 59.4 Å². The molecule has 0 saturated heterocycles. The van der Waals surface area contributed by atoms with Crippen molar-refractivity contribution in [1.82, 2.24) is 15.2 Å². The van der Waals surface area contributed by atoms with Crippen molar-refractivity contribution in [1.29, 1.82) is 0 Å². The minimum atomic E-state index is -0.814. The monoisotopic (exact) mass is 438 g/mol. The zero-order valence-electron chi connectivity index (χ0n) is 17.6. The highest BCUT2D eigenvalue weighted by Gasteiger charge is 2.34. The molecule has 0 radical (unpaired) electrons. The minimum Gasteiger partial charge on any atom is -0.447 e. The fraction of sp³-hybridized carbons (Fsp3) is 0.304. The first-order valence-corrected chi connectivity index (χ1v) is 11.2. The molecule has 2 aromatic carbocycles. The van der Waals surface area contributed by atoms with Gasteiger partial charge < -0.3 is 4.74 Å². The van der Waals surface area contributed by atoms with Crippen molar-refractivity contribution in [2.45, 2.75) is 45.0 Å². The van der Waals surface area contributed by atoms with Gasteiger partial charge in [0.15, 0.2) is 5.69 Å². The van der Waals surface area contributed by atoms with E-state index < -0.39 is 6.23 Å². The highest BCUT2D eigenvalue weighted by atomic mass is 32.2. The second kappa shape index (κ2) is 9.01. The summed E-state index contributed by atoms with van der Waals surface area (Å²) in [6.07, 6.45) is 1.31. The van der Waals surface area contributed by atoms with E-state index in [2.05, 4.69) is 22.1 Å². The predicted molar refractivity (Wildman–Crippen MR) is 119 cm³/mol. The third-order valence-corrected chi connectivity index (χ3v) is 5.91. The third-order valence-electron chi connectivity index (χ3n) is 4.98. The maximum Gasteiger partial charge on any atom is 0.247 e. The average Bonchev–Trinajstić information content (AvgIpc) is 2.88. The number of amides is 1. The Bertz CT molecular complexity index is 1110. The van der Waals surface area contributed by atoms with Gasteiger partial charge in [0.1, 0.15) is 5.82 Å². The van der Waals surface area contributed by atoms with Crippen molar-refractivity contribution in [3.8, 4) is 17.1 Å². The quantitative estimate of drug-likeness (QED) is 0.397. The van der Waals surface area contributed by atoms with Gasteiger partial charge in [-0.1, -0.05) is 48.9 Å². The molecular formula is C23H23FN4O2S. The molecule has 1 aliphatic rings. The molecule has 160 valence electrons. The number of hydrogen-bond donors (Lipinski definition) is 0. The molecule has 1 aromatic heterocycles. The van der Waals surface area contributed by atoms with Gasteiger partial charge in [-0.2, -0.15) is 4.98 Å². The Labute approximate surface area is 184 Å². The minimum absolute atomic E-state index is 0.210. The van der Waals surface area contributed by atoms with E-state index in [0.29, 0.717) is 28.0 Å². The summed E-state index contributed by atoms with van der Waals surface area (Å²) in [5, 5.41) is 9.23. The van der Waals surface area contributed by atoms with Crippen LogP contribution in [0, 0.1) is 12.7 Å². The zero-order valence-corrected chi connectivity index (χ0v) is 18.4. The number of ether oxygens (including phenoxy) is 1. The number of hydrogen-bond acceptors (Lipinski definition) is 6. The Hall–Kier alpha value is -3.00. The van der Waals surface area contributed by atoms with Gasteiger partial charge in [0, 0.05) is 23.8 Å². The molecule has 6 nitrogen and oxygen atoms in total. The summed E-state index contributed by atoms with van der Waals surface area (Å²) >= 11 is 1.52. The lowest BCUT2D eigenvalue weighted by atomic mass is 10.0. The zero-order chi connectivity index (χ0) is 22.0. The molecule has 1 amide bonds. The maximum absolute atomic E-state index is 13.6. The second-order valence-corrected chi connectivity index (χ2v) is 8.44. The van der Waals surface area contributed by atoms with Gasteiger partial charge in [0.05, 0.1) is 5.69 Å². The predicted octanol–water partition coefficient (Wildman–Crippen LogP) is 5.32. The number of fused-ring (bicyclic) bond motifs is 3. The Morgan fingerprint density at radius 3 is 2.68 bits per heavy atom. The molecule has 0 N–H and O–H groups in total. The van der Waals surface area contributed by atoms with Gasteiger partial charge >= 0.3 is 0 Å². The topological polar surface area (TPSA) is 68.2 Å². The van der Waals surface area contributed by atoms with Crippen LogP contribution in [0.2, 0.25) is 0 Å². The standard InChI is InChI=1S/C23H23FN4O2S/c1-4-5-12-31-23-25-21-20(26-27-23)18-13-14(2)6-11-19(18)28(15(3)29)22(30-21)16-7-9-17(24)10-8-16/h6-11,13,22H,4-5,12H2,1-3H3/t22-/m0/s1. The van der Waals surface area contributed by atoms with E-state index in [4.69, 9.17) is 4.74 Å². The van der Waals surface area contributed by atoms with Gasteiger partial charge in [0.25, 0.3) is 0 Å². The Morgan fingerprint density at radius 2 is 1.97 bits per heavy atom. The first kappa shape index (κ1) is 21.2. The van der Waals surface area contributed by atoms with Gasteiger partial charge in [-0.15, -0.1) is 10.2 Å². The number of rotatable bonds is 5. The number of carbonyl (C=O) groups is 1. The number of benzene rings is 2. The molecule has 4 rings (SSSR count). The lowest BCUT2D eigenvalue weighted by Gasteiger charge is -2.30. The highest BCUT2D eigenvalue weighted by Crippen LogP contribution is 2.43. The molecule has 0 saturated carbocycles. The van der Waals surface area contributed by atoms with E-state index >= 15 is 0 Å². The van der Waals surface area contributed by atoms with E-state index in [1.807, 2.05) is 25.1 Å². The molecule has 0 bridgehead atoms. The largest absolute Gasteiger partial charge is 0.447 e. The van der Waals surface area contributed by atoms with E-state index in [0.717, 1.165) is 29.7 Å². The lowest BCUT2D eigenvalue weighted by molar-refractivity contribution is -0.118. The van der Waals surface area contributed by atoms with E-state index in [1.54, 1.807) is 17.0 Å². The summed E-state index contributed by atoms with van der Waals surface area (Å²) in [6, 6.07) is 11.7. The lowest BCUT2D eigenvalue weighted by Crippen LogP contribution is -2.36. The highest BCUT2D eigenvalue weighted by molar-refractivity contribution is 7.99. The summed E-state index contributed by atoms with van der Waals surface area (Å²) in [5.41, 5.74) is 3.49. The molecule has 8 heteroatoms. The van der Waals surface area contributed by atoms with Crippen LogP contribution in [0.25, 0.3) is 11.3 Å². The number of anilines is 1. The van der Waals surface area contributed by atoms with Crippen molar-refractivity contribution >= 4 is 23.4 Å². The molecule has 1 atom stereocenters. The SMILES string of the molecule is CCCCSc1nnc2c(n1)O[C@@H](c1ccc(F)cc1)N(C(C)=O)c1ccc(C)cc1-2. The molecular weight excluding hydrogens is 415 g/mol. The number of carbonyl (C=O) groups excluding carboxylic acids is 1. The van der Waals surface area contributed by atoms with Gasteiger partial charge in [0.2, 0.25) is 23.2 Å². The third kappa shape index (κ3) is 4.39. The summed E-state index contributed by atoms with van der Waals surface area (Å²) in [7, 11) is 0. The Morgan fingerprint density at radius 1 is 1.19 bits per heavy atom. The summed E-state index contributed by atoms with van der Waals surface area (Å²) in [5.74, 6) is 0.617. The van der Waals surface area contributed by atoms with Gasteiger partial charge in [-0.05, 0) is 37.6 Å². The van der Waals surface area contributed by atoms with E-state index in [9.17, 15) is 9.18 Å². The van der Waals surface area contributed by atoms with Crippen molar-refractivity contribution in [2.24, 2.45) is 0 Å². The van der Waals surface area contributed by atoms with Crippen LogP contribution in [0.5, 0.6) is 5.88 Å². The number of aryl methyl sites for hydroxylation is 1. The van der Waals surface area contributed by atoms with Gasteiger partial charge in [-0.3, -0.25) is 9.69 Å². The molecule has 2 heterocycles. The average molecular weight is 439 g/mol. The van der Waals surface area contributed by atoms with Crippen LogP contribution in [0.1, 0.15) is 44.0 Å². The molecule has 0 spiro atoms. The molecule has 0 fully saturated rings. The molecule has 3 aromatic rings. The van der Waals surface area contributed by atoms with Crippen LogP contribution in [-0.2, 0) is 4.79 Å². The number of unbranched alkanes of at least 4 members (excludes halogenated alkanes) is 1. The van der Waals surface area contributed by atoms with Crippen molar-refractivity contribution in [2.75, 3.05) is 10.7 Å². The second-order valence-electron chi connectivity index (χ2n) is 7.38. The van der Waals surface area contributed by atoms with Crippen LogP contribution in [-0.4, -0.2) is 26.8 Å². The van der Waals surface area contributed by atoms with E-state index in [-0.39, 0.29) is 11.7 Å². The number of thioether (sulfide) groups is 1. The van der Waals surface area contributed by atoms with Crippen LogP contribution in [0.3, 0.4) is 0 Å². The number of nitrogens with zero attached hydrogens (tertiary/aromatic N) is 4. The number of halogens is 1. The molecule has 31 heavy (non-hydrogen) atoms. The normalized spacial score (nSPS) is 15.0. The van der Waals surface area contributed by atoms with Crippen LogP contribution >= 0.6 is 11.8 Å². The van der Waals surface area contributed by atoms with E-state index in [1.165, 1.54) is 30.8 Å². The van der Waals surface area contributed by atoms with Crippen LogP contribution in [0.4, 0.5) is 10.1 Å². The summed E-state index contributed by atoms with van der Waals surface area (Å²) in [4.78, 5) is 18.9. The first-order chi connectivity index (χ1) is 15.0. The maximum atomic E-state index is 13.6. The van der Waals surface area contributed by atoms with Crippen LogP contribution < -0.4 is 9.64 Å². The molecule has 1 aliphatic heterocycles. The smallest absolute Gasteiger partial charge is 0.247 e. The van der Waals surface area contributed by atoms with Crippen molar-refractivity contribution in [3.63, 3.8) is 0 Å². The van der Waals surface area contributed by atoms with Crippen molar-refractivity contribution < 1.29 is 13.9 Å². The molecule has 0 aliphatic carbocycles. The van der Waals surface area contributed by atoms with Gasteiger partial charge in [-0.25, -0.2) is 4.39 Å². The summed E-state index contributed by atoms with van der Waals surface area (Å²) < 4.78 is 19.8. The fourth-order valence-corrected chi connectivity index (χ4v) is 4.29. The Kier molecular flexibility index (Phi) is 6.18. The summed E-state index contributed by atoms with van der Waals surface area (Å²) in [6.45, 7) is 5.57.